The zero-order valence-electron chi connectivity index (χ0n) is 47.9. The third-order valence-electron chi connectivity index (χ3n) is 14.4. The Bertz CT molecular complexity index is 2520. The molecule has 0 spiro atoms. The Kier molecular flexibility index (Phi) is 24.0. The molecular weight excluding hydrogens is 977 g/mol. The summed E-state index contributed by atoms with van der Waals surface area (Å²) in [5.74, 6) is -3.02. The lowest BCUT2D eigenvalue weighted by atomic mass is 9.90. The van der Waals surface area contributed by atoms with Gasteiger partial charge in [0.05, 0.1) is 11.8 Å². The highest BCUT2D eigenvalue weighted by Gasteiger charge is 2.38. The summed E-state index contributed by atoms with van der Waals surface area (Å²) in [6, 6.07) is 12.5. The van der Waals surface area contributed by atoms with Gasteiger partial charge in [-0.15, -0.1) is 0 Å². The minimum Gasteiger partial charge on any atom is -0.458 e. The second kappa shape index (κ2) is 29.8. The van der Waals surface area contributed by atoms with Gasteiger partial charge in [0.2, 0.25) is 23.6 Å². The molecular formula is C59H92N10O8. The van der Waals surface area contributed by atoms with Gasteiger partial charge in [-0.2, -0.15) is 0 Å². The first-order chi connectivity index (χ1) is 36.6. The predicted molar refractivity (Wildman–Crippen MR) is 304 cm³/mol. The summed E-state index contributed by atoms with van der Waals surface area (Å²) in [4.78, 5) is 89.3. The number of esters is 2. The third-order valence-corrected chi connectivity index (χ3v) is 14.4. The number of aromatic nitrogens is 2. The van der Waals surface area contributed by atoms with Gasteiger partial charge in [0.1, 0.15) is 35.4 Å². The molecule has 4 amide bonds. The second-order valence-electron chi connectivity index (χ2n) is 23.2. The van der Waals surface area contributed by atoms with E-state index in [0.29, 0.717) is 25.9 Å². The number of carbonyl (C=O) groups is 6. The highest BCUT2D eigenvalue weighted by Crippen LogP contribution is 2.31. The number of piperidine rings is 2. The van der Waals surface area contributed by atoms with Crippen LogP contribution in [0.2, 0.25) is 0 Å². The molecule has 8 atom stereocenters. The number of amides is 4. The number of unbranched alkanes of at least 4 members (excludes halogenated alkanes) is 2. The summed E-state index contributed by atoms with van der Waals surface area (Å²) < 4.78 is 11.3. The van der Waals surface area contributed by atoms with Crippen molar-refractivity contribution in [1.82, 2.24) is 52.1 Å². The number of benzene rings is 2. The highest BCUT2D eigenvalue weighted by atomic mass is 16.6. The Morgan fingerprint density at radius 2 is 1.06 bits per heavy atom. The number of aromatic amines is 2. The van der Waals surface area contributed by atoms with Crippen LogP contribution in [-0.2, 0) is 38.2 Å². The number of hydrogen-bond donors (Lipinski definition) is 9. The van der Waals surface area contributed by atoms with E-state index < -0.39 is 47.3 Å². The molecule has 9 N–H and O–H groups in total. The molecule has 0 bridgehead atoms. The van der Waals surface area contributed by atoms with Crippen LogP contribution in [0.5, 0.6) is 0 Å². The molecule has 4 aromatic rings. The maximum absolute atomic E-state index is 13.9. The summed E-state index contributed by atoms with van der Waals surface area (Å²) in [6.45, 7) is 19.5. The highest BCUT2D eigenvalue weighted by molar-refractivity contribution is 5.95. The fourth-order valence-corrected chi connectivity index (χ4v) is 10.2. The van der Waals surface area contributed by atoms with E-state index in [9.17, 15) is 28.8 Å². The molecule has 2 aliphatic rings. The Balaban J connectivity index is 0.000000284. The third kappa shape index (κ3) is 19.3. The summed E-state index contributed by atoms with van der Waals surface area (Å²) in [6.07, 6.45) is 11.4. The first kappa shape index (κ1) is 62.0. The van der Waals surface area contributed by atoms with Crippen LogP contribution in [0.15, 0.2) is 60.9 Å². The minimum atomic E-state index is -0.856. The van der Waals surface area contributed by atoms with Crippen LogP contribution in [0.3, 0.4) is 0 Å². The summed E-state index contributed by atoms with van der Waals surface area (Å²) >= 11 is 0. The molecule has 2 aliphatic heterocycles. The fraction of sp³-hybridized carbons (Fsp3) is 0.627. The summed E-state index contributed by atoms with van der Waals surface area (Å²) in [7, 11) is 5.78. The molecule has 6 rings (SSSR count). The van der Waals surface area contributed by atoms with Crippen LogP contribution < -0.4 is 37.2 Å². The van der Waals surface area contributed by atoms with E-state index >= 15 is 0 Å². The van der Waals surface area contributed by atoms with Crippen molar-refractivity contribution in [2.75, 3.05) is 60.4 Å². The van der Waals surface area contributed by atoms with E-state index in [4.69, 9.17) is 9.47 Å². The molecule has 426 valence electrons. The lowest BCUT2D eigenvalue weighted by Gasteiger charge is -2.32. The minimum absolute atomic E-state index is 0.128. The van der Waals surface area contributed by atoms with Gasteiger partial charge < -0.3 is 61.6 Å². The number of para-hydroxylation sites is 2. The maximum Gasteiger partial charge on any atom is 0.329 e. The van der Waals surface area contributed by atoms with Crippen LogP contribution in [-0.4, -0.2) is 146 Å². The fourth-order valence-electron chi connectivity index (χ4n) is 10.2. The number of hydrogen-bond acceptors (Lipinski definition) is 12. The van der Waals surface area contributed by atoms with Crippen molar-refractivity contribution >= 4 is 57.4 Å². The molecule has 6 unspecified atom stereocenters. The molecule has 0 radical (unpaired) electrons. The van der Waals surface area contributed by atoms with E-state index in [-0.39, 0.29) is 47.3 Å². The van der Waals surface area contributed by atoms with Crippen molar-refractivity contribution in [2.45, 2.75) is 167 Å². The van der Waals surface area contributed by atoms with Crippen LogP contribution in [0.4, 0.5) is 0 Å². The van der Waals surface area contributed by atoms with Crippen molar-refractivity contribution < 1.29 is 38.2 Å². The van der Waals surface area contributed by atoms with Crippen LogP contribution in [0, 0.1) is 11.8 Å². The smallest absolute Gasteiger partial charge is 0.329 e. The van der Waals surface area contributed by atoms with Gasteiger partial charge in [0, 0.05) is 59.1 Å². The Labute approximate surface area is 457 Å². The van der Waals surface area contributed by atoms with Gasteiger partial charge in [0.15, 0.2) is 0 Å². The molecule has 2 aromatic heterocycles. The number of H-pyrrole nitrogens is 2. The second-order valence-corrected chi connectivity index (χ2v) is 23.2. The molecule has 2 fully saturated rings. The van der Waals surface area contributed by atoms with Crippen molar-refractivity contribution in [1.29, 1.82) is 0 Å². The van der Waals surface area contributed by atoms with Crippen molar-refractivity contribution in [3.8, 4) is 0 Å². The van der Waals surface area contributed by atoms with Gasteiger partial charge >= 0.3 is 11.9 Å². The van der Waals surface area contributed by atoms with Crippen LogP contribution in [0.25, 0.3) is 21.8 Å². The number of fused-ring (bicyclic) bond motifs is 2. The lowest BCUT2D eigenvalue weighted by molar-refractivity contribution is -0.159. The number of carbonyl (C=O) groups excluding carboxylic acids is 6. The lowest BCUT2D eigenvalue weighted by Crippen LogP contribution is -2.56. The zero-order chi connectivity index (χ0) is 56.3. The van der Waals surface area contributed by atoms with Gasteiger partial charge in [0.25, 0.3) is 0 Å². The number of nitrogens with one attached hydrogen (secondary N) is 9. The van der Waals surface area contributed by atoms with Gasteiger partial charge in [-0.05, 0) is 176 Å². The SMILES string of the molecule is CNCCCCC(NC(=O)C(NC(=O)C1CCCN(C)C1)[C@@H](C)c1c[nH]c2ccccc12)C(=O)OC(C)(C)C.CNCCCCC(NC(=O)C(NC(=O)C1CCCNC1)[C@@H](C)c1c[nH]c2ccccc12)C(=O)OC(C)(C)C. The molecule has 2 saturated heterocycles. The summed E-state index contributed by atoms with van der Waals surface area (Å²) in [5.41, 5.74) is 2.45. The molecule has 18 heteroatoms. The summed E-state index contributed by atoms with van der Waals surface area (Å²) in [5, 5.41) is 23.5. The van der Waals surface area contributed by atoms with E-state index in [0.717, 1.165) is 110 Å². The predicted octanol–water partition coefficient (Wildman–Crippen LogP) is 6.29. The van der Waals surface area contributed by atoms with Gasteiger partial charge in [-0.25, -0.2) is 9.59 Å². The topological polar surface area (TPSA) is 240 Å². The van der Waals surface area contributed by atoms with Crippen molar-refractivity contribution in [3.63, 3.8) is 0 Å². The first-order valence-electron chi connectivity index (χ1n) is 28.1. The van der Waals surface area contributed by atoms with Crippen LogP contribution >= 0.6 is 0 Å². The van der Waals surface area contributed by atoms with E-state index in [1.54, 1.807) is 0 Å². The molecule has 77 heavy (non-hydrogen) atoms. The van der Waals surface area contributed by atoms with Crippen molar-refractivity contribution in [3.05, 3.63) is 72.1 Å². The average molecular weight is 1070 g/mol. The van der Waals surface area contributed by atoms with E-state index in [2.05, 4.69) is 52.1 Å². The molecule has 0 aliphatic carbocycles. The molecule has 2 aromatic carbocycles. The number of likely N-dealkylation sites (tertiary alicyclic amines) is 1. The Hall–Kier alpha value is -5.82. The molecule has 18 nitrogen and oxygen atoms in total. The maximum atomic E-state index is 13.9. The Morgan fingerprint density at radius 3 is 1.48 bits per heavy atom. The number of nitrogens with zero attached hydrogens (tertiary/aromatic N) is 1. The number of rotatable bonds is 24. The van der Waals surface area contributed by atoms with E-state index in [1.165, 1.54) is 0 Å². The molecule has 0 saturated carbocycles. The largest absolute Gasteiger partial charge is 0.458 e. The Morgan fingerprint density at radius 1 is 0.623 bits per heavy atom. The normalized spacial score (nSPS) is 18.6. The number of ether oxygens (including phenoxy) is 2. The standard InChI is InChI=1S/C30H47N5O4.C29H45N5O4/c1-20(23-18-32-24-14-8-7-13-22(23)24)26(34-27(36)21-12-11-17-35(6)19-21)28(37)33-25(15-9-10-16-31-5)29(38)39-30(2,3)4;1-19(22-18-32-23-13-7-6-12-21(22)23)25(34-26(35)20-11-10-16-31-17-20)27(36)33-24(14-8-9-15-30-5)28(37)38-29(2,3)4/h7-8,13-14,18,20-21,25-26,31-32H,9-12,15-17,19H2,1-6H3,(H,33,37)(H,34,36);6-7,12-13,18-20,24-25,30-32H,8-11,14-17H2,1-5H3,(H,33,36)(H,34,35)/t20-,21?,25?,26?;19-,20?,24?,25?/m00/s1. The van der Waals surface area contributed by atoms with Gasteiger partial charge in [-0.1, -0.05) is 50.2 Å². The average Bonchev–Trinajstić information content (AvgIpc) is 4.05. The van der Waals surface area contributed by atoms with Gasteiger partial charge in [-0.3, -0.25) is 19.2 Å². The monoisotopic (exact) mass is 1070 g/mol. The molecule has 4 heterocycles. The quantitative estimate of drug-likeness (QED) is 0.0278. The zero-order valence-corrected chi connectivity index (χ0v) is 47.9. The van der Waals surface area contributed by atoms with E-state index in [1.807, 2.05) is 137 Å². The van der Waals surface area contributed by atoms with Crippen LogP contribution in [0.1, 0.15) is 143 Å². The first-order valence-corrected chi connectivity index (χ1v) is 28.1. The van der Waals surface area contributed by atoms with Crippen molar-refractivity contribution in [2.24, 2.45) is 11.8 Å².